The van der Waals surface area contributed by atoms with E-state index in [9.17, 15) is 8.78 Å². The Labute approximate surface area is 190 Å². The van der Waals surface area contributed by atoms with Crippen LogP contribution in [0.4, 0.5) is 8.78 Å². The zero-order valence-electron chi connectivity index (χ0n) is 17.6. The normalized spacial score (nSPS) is 11.6. The van der Waals surface area contributed by atoms with E-state index in [-0.39, 0.29) is 18.2 Å². The van der Waals surface area contributed by atoms with Gasteiger partial charge in [0.05, 0.1) is 11.4 Å². The number of hydrogen-bond acceptors (Lipinski definition) is 2. The number of benzene rings is 3. The van der Waals surface area contributed by atoms with E-state index >= 15 is 0 Å². The van der Waals surface area contributed by atoms with Crippen LogP contribution in [0.5, 0.6) is 0 Å². The summed E-state index contributed by atoms with van der Waals surface area (Å²) < 4.78 is 29.4. The van der Waals surface area contributed by atoms with Crippen molar-refractivity contribution in [1.29, 1.82) is 0 Å². The Morgan fingerprint density at radius 2 is 1.72 bits per heavy atom. The topological polar surface area (TPSA) is 26.5 Å². The molecule has 4 rings (SSSR count). The quantitative estimate of drug-likeness (QED) is 0.223. The molecule has 162 valence electrons. The lowest BCUT2D eigenvalue weighted by molar-refractivity contribution is 0.128. The van der Waals surface area contributed by atoms with Crippen molar-refractivity contribution in [3.05, 3.63) is 112 Å². The summed E-state index contributed by atoms with van der Waals surface area (Å²) in [6.07, 6.45) is 0. The van der Waals surface area contributed by atoms with Crippen LogP contribution in [0.15, 0.2) is 84.0 Å². The highest BCUT2D eigenvalue weighted by molar-refractivity contribution is 6.30. The van der Waals surface area contributed by atoms with Gasteiger partial charge in [-0.05, 0) is 74.0 Å². The summed E-state index contributed by atoms with van der Waals surface area (Å²) in [5, 5.41) is 4.83. The Hall–Kier alpha value is -3.44. The van der Waals surface area contributed by atoms with E-state index in [1.165, 1.54) is 18.2 Å². The van der Waals surface area contributed by atoms with Gasteiger partial charge < -0.3 is 9.40 Å². The lowest BCUT2D eigenvalue weighted by atomic mass is 10.1. The van der Waals surface area contributed by atoms with Gasteiger partial charge in [-0.2, -0.15) is 0 Å². The fourth-order valence-electron chi connectivity index (χ4n) is 3.62. The predicted molar refractivity (Wildman–Crippen MR) is 124 cm³/mol. The van der Waals surface area contributed by atoms with Crippen LogP contribution in [0.1, 0.15) is 23.7 Å². The molecule has 0 aliphatic carbocycles. The highest BCUT2D eigenvalue weighted by atomic mass is 35.5. The fourth-order valence-corrected chi connectivity index (χ4v) is 3.80. The Bertz CT molecular complexity index is 1280. The predicted octanol–water partition coefficient (Wildman–Crippen LogP) is 7.33. The second kappa shape index (κ2) is 9.37. The Morgan fingerprint density at radius 3 is 2.44 bits per heavy atom. The highest BCUT2D eigenvalue weighted by Gasteiger charge is 2.17. The largest absolute Gasteiger partial charge is 0.391 e. The van der Waals surface area contributed by atoms with Gasteiger partial charge in [-0.1, -0.05) is 41.0 Å². The minimum Gasteiger partial charge on any atom is -0.391 e. The van der Waals surface area contributed by atoms with Crippen LogP contribution in [0.3, 0.4) is 0 Å². The van der Waals surface area contributed by atoms with Gasteiger partial charge in [-0.3, -0.25) is 0 Å². The first-order valence-corrected chi connectivity index (χ1v) is 10.5. The molecule has 0 unspecified atom stereocenters. The number of aromatic nitrogens is 1. The third-order valence-electron chi connectivity index (χ3n) is 5.22. The number of nitrogens with zero attached hydrogens (tertiary/aromatic N) is 2. The van der Waals surface area contributed by atoms with Crippen molar-refractivity contribution in [2.24, 2.45) is 5.16 Å². The van der Waals surface area contributed by atoms with E-state index in [0.717, 1.165) is 28.2 Å². The van der Waals surface area contributed by atoms with E-state index in [1.807, 2.05) is 48.7 Å². The Kier molecular flexibility index (Phi) is 6.37. The average Bonchev–Trinajstić information content (AvgIpc) is 3.12. The first-order valence-electron chi connectivity index (χ1n) is 10.1. The second-order valence-corrected chi connectivity index (χ2v) is 7.83. The third-order valence-corrected chi connectivity index (χ3v) is 5.46. The van der Waals surface area contributed by atoms with Gasteiger partial charge in [0.25, 0.3) is 0 Å². The molecule has 32 heavy (non-hydrogen) atoms. The fraction of sp³-hybridized carbons (Fsp3) is 0.115. The van der Waals surface area contributed by atoms with E-state index in [0.29, 0.717) is 16.3 Å². The maximum Gasteiger partial charge on any atom is 0.145 e. The molecule has 0 bridgehead atoms. The molecule has 0 amide bonds. The van der Waals surface area contributed by atoms with Gasteiger partial charge in [-0.25, -0.2) is 8.78 Å². The summed E-state index contributed by atoms with van der Waals surface area (Å²) in [6, 6.07) is 22.2. The van der Waals surface area contributed by atoms with Gasteiger partial charge in [-0.15, -0.1) is 0 Å². The molecule has 4 aromatic rings. The van der Waals surface area contributed by atoms with Gasteiger partial charge in [0.15, 0.2) is 0 Å². The first-order chi connectivity index (χ1) is 15.4. The van der Waals surface area contributed by atoms with Crippen molar-refractivity contribution >= 4 is 17.3 Å². The lowest BCUT2D eigenvalue weighted by Crippen LogP contribution is -2.03. The summed E-state index contributed by atoms with van der Waals surface area (Å²) >= 11 is 6.24. The summed E-state index contributed by atoms with van der Waals surface area (Å²) in [5.41, 5.74) is 5.44. The molecular weight excluding hydrogens is 430 g/mol. The summed E-state index contributed by atoms with van der Waals surface area (Å²) in [4.78, 5) is 5.44. The number of rotatable bonds is 6. The van der Waals surface area contributed by atoms with Crippen molar-refractivity contribution in [2.75, 3.05) is 0 Å². The number of oxime groups is 1. The minimum absolute atomic E-state index is 0.0306. The van der Waals surface area contributed by atoms with Crippen LogP contribution in [0, 0.1) is 18.6 Å². The zero-order valence-corrected chi connectivity index (χ0v) is 18.4. The van der Waals surface area contributed by atoms with Crippen molar-refractivity contribution in [3.8, 4) is 16.9 Å². The molecule has 0 N–H and O–H groups in total. The Morgan fingerprint density at radius 1 is 0.969 bits per heavy atom. The SMILES string of the molecule is C/C(=N\OCc1ccccc1F)c1cc(-c2ccc(F)cc2)n(-c2cccc(Cl)c2)c1C. The van der Waals surface area contributed by atoms with Crippen LogP contribution >= 0.6 is 11.6 Å². The summed E-state index contributed by atoms with van der Waals surface area (Å²) in [5.74, 6) is -0.631. The monoisotopic (exact) mass is 450 g/mol. The Balaban J connectivity index is 1.73. The average molecular weight is 451 g/mol. The van der Waals surface area contributed by atoms with Gasteiger partial charge in [0.2, 0.25) is 0 Å². The van der Waals surface area contributed by atoms with Crippen LogP contribution in [0.25, 0.3) is 16.9 Å². The van der Waals surface area contributed by atoms with E-state index < -0.39 is 0 Å². The molecule has 0 saturated heterocycles. The van der Waals surface area contributed by atoms with Gasteiger partial charge >= 0.3 is 0 Å². The van der Waals surface area contributed by atoms with Gasteiger partial charge in [0, 0.05) is 27.5 Å². The van der Waals surface area contributed by atoms with Crippen LogP contribution in [-0.2, 0) is 11.4 Å². The minimum atomic E-state index is -0.331. The molecule has 3 aromatic carbocycles. The molecule has 0 spiro atoms. The highest BCUT2D eigenvalue weighted by Crippen LogP contribution is 2.31. The third kappa shape index (κ3) is 4.58. The second-order valence-electron chi connectivity index (χ2n) is 7.39. The zero-order chi connectivity index (χ0) is 22.7. The molecule has 0 atom stereocenters. The summed E-state index contributed by atoms with van der Waals surface area (Å²) in [6.45, 7) is 3.84. The molecule has 6 heteroatoms. The molecule has 0 aliphatic rings. The van der Waals surface area contributed by atoms with E-state index in [1.54, 1.807) is 30.3 Å². The molecule has 1 heterocycles. The molecule has 0 aliphatic heterocycles. The van der Waals surface area contributed by atoms with Crippen molar-refractivity contribution in [2.45, 2.75) is 20.5 Å². The molecule has 0 saturated carbocycles. The summed E-state index contributed by atoms with van der Waals surface area (Å²) in [7, 11) is 0. The maximum atomic E-state index is 13.8. The number of halogens is 3. The van der Waals surface area contributed by atoms with Gasteiger partial charge in [0.1, 0.15) is 18.2 Å². The molecule has 1 aromatic heterocycles. The smallest absolute Gasteiger partial charge is 0.145 e. The molecule has 0 fully saturated rings. The maximum absolute atomic E-state index is 13.8. The first kappa shape index (κ1) is 21.8. The van der Waals surface area contributed by atoms with Crippen LogP contribution in [-0.4, -0.2) is 10.3 Å². The number of hydrogen-bond donors (Lipinski definition) is 0. The van der Waals surface area contributed by atoms with Crippen LogP contribution < -0.4 is 0 Å². The molecule has 0 radical (unpaired) electrons. The van der Waals surface area contributed by atoms with E-state index in [4.69, 9.17) is 16.4 Å². The molecule has 3 nitrogen and oxygen atoms in total. The van der Waals surface area contributed by atoms with Crippen molar-refractivity contribution in [3.63, 3.8) is 0 Å². The standard InChI is InChI=1S/C26H21ClF2N2O/c1-17(30-32-16-20-6-3-4-9-25(20)29)24-15-26(19-10-12-22(28)13-11-19)31(18(24)2)23-8-5-7-21(27)14-23/h3-15H,16H2,1-2H3/b30-17+. The van der Waals surface area contributed by atoms with Crippen molar-refractivity contribution < 1.29 is 13.6 Å². The van der Waals surface area contributed by atoms with Crippen LogP contribution in [0.2, 0.25) is 5.02 Å². The van der Waals surface area contributed by atoms with E-state index in [2.05, 4.69) is 5.16 Å². The lowest BCUT2D eigenvalue weighted by Gasteiger charge is -2.13. The molecular formula is C26H21ClF2N2O. The van der Waals surface area contributed by atoms with Crippen molar-refractivity contribution in [1.82, 2.24) is 4.57 Å².